The number of hydrogen-bond donors (Lipinski definition) is 2. The molecule has 7 heteroatoms. The summed E-state index contributed by atoms with van der Waals surface area (Å²) in [7, 11) is 0. The van der Waals surface area contributed by atoms with Gasteiger partial charge < -0.3 is 20.3 Å². The minimum absolute atomic E-state index is 0.0969. The van der Waals surface area contributed by atoms with Crippen LogP contribution in [0.15, 0.2) is 55.1 Å². The van der Waals surface area contributed by atoms with Gasteiger partial charge in [0, 0.05) is 30.9 Å². The fourth-order valence-electron chi connectivity index (χ4n) is 3.51. The molecule has 31 heavy (non-hydrogen) atoms. The zero-order valence-corrected chi connectivity index (χ0v) is 17.8. The molecule has 1 heterocycles. The topological polar surface area (TPSA) is 87.7 Å². The van der Waals surface area contributed by atoms with E-state index in [0.717, 1.165) is 16.8 Å². The first kappa shape index (κ1) is 22.1. The molecule has 3 rings (SSSR count). The largest absolute Gasteiger partial charge is 0.484 e. The van der Waals surface area contributed by atoms with Gasteiger partial charge in [0.25, 0.3) is 5.91 Å². The maximum absolute atomic E-state index is 12.3. The third kappa shape index (κ3) is 5.51. The van der Waals surface area contributed by atoms with E-state index in [1.165, 1.54) is 0 Å². The molecule has 2 N–H and O–H groups in total. The lowest BCUT2D eigenvalue weighted by Crippen LogP contribution is -2.32. The van der Waals surface area contributed by atoms with Gasteiger partial charge in [0.1, 0.15) is 5.75 Å². The number of carbonyl (C=O) groups excluding carboxylic acids is 3. The highest BCUT2D eigenvalue weighted by molar-refractivity contribution is 6.00. The molecule has 1 fully saturated rings. The lowest BCUT2D eigenvalue weighted by Gasteiger charge is -2.17. The third-order valence-electron chi connectivity index (χ3n) is 5.18. The number of carbonyl (C=O) groups is 3. The van der Waals surface area contributed by atoms with Crippen molar-refractivity contribution in [2.75, 3.05) is 29.9 Å². The molecular weight excluding hydrogens is 394 g/mol. The predicted octanol–water partition coefficient (Wildman–Crippen LogP) is 2.98. The van der Waals surface area contributed by atoms with Crippen LogP contribution in [0, 0.1) is 19.8 Å². The quantitative estimate of drug-likeness (QED) is 0.642. The smallest absolute Gasteiger partial charge is 0.262 e. The SMILES string of the molecule is C=CCNC(=O)[C@H]1CC(=O)N(c2ccc(OCC(=O)Nc3c(C)cccc3C)cc2)C1. The van der Waals surface area contributed by atoms with Gasteiger partial charge in [0.2, 0.25) is 11.8 Å². The highest BCUT2D eigenvalue weighted by Crippen LogP contribution is 2.27. The van der Waals surface area contributed by atoms with E-state index < -0.39 is 0 Å². The number of para-hydroxylation sites is 1. The van der Waals surface area contributed by atoms with Crippen molar-refractivity contribution >= 4 is 29.1 Å². The van der Waals surface area contributed by atoms with Crippen LogP contribution >= 0.6 is 0 Å². The van der Waals surface area contributed by atoms with E-state index in [2.05, 4.69) is 17.2 Å². The summed E-state index contributed by atoms with van der Waals surface area (Å²) in [6.07, 6.45) is 1.79. The first-order valence-corrected chi connectivity index (χ1v) is 10.2. The predicted molar refractivity (Wildman–Crippen MR) is 120 cm³/mol. The van der Waals surface area contributed by atoms with Crippen LogP contribution in [0.2, 0.25) is 0 Å². The molecule has 7 nitrogen and oxygen atoms in total. The van der Waals surface area contributed by atoms with E-state index in [9.17, 15) is 14.4 Å². The fourth-order valence-corrected chi connectivity index (χ4v) is 3.51. The first-order valence-electron chi connectivity index (χ1n) is 10.2. The molecule has 1 aliphatic heterocycles. The Hall–Kier alpha value is -3.61. The molecule has 0 aliphatic carbocycles. The van der Waals surface area contributed by atoms with Gasteiger partial charge in [-0.2, -0.15) is 0 Å². The van der Waals surface area contributed by atoms with Crippen molar-refractivity contribution in [1.29, 1.82) is 0 Å². The van der Waals surface area contributed by atoms with Crippen LogP contribution in [0.5, 0.6) is 5.75 Å². The van der Waals surface area contributed by atoms with Gasteiger partial charge in [-0.15, -0.1) is 6.58 Å². The number of amides is 3. The van der Waals surface area contributed by atoms with Crippen LogP contribution in [0.1, 0.15) is 17.5 Å². The van der Waals surface area contributed by atoms with Crippen LogP contribution in [0.25, 0.3) is 0 Å². The van der Waals surface area contributed by atoms with Gasteiger partial charge in [-0.3, -0.25) is 14.4 Å². The number of hydrogen-bond acceptors (Lipinski definition) is 4. The second-order valence-corrected chi connectivity index (χ2v) is 7.54. The van der Waals surface area contributed by atoms with Crippen molar-refractivity contribution in [3.05, 3.63) is 66.2 Å². The number of benzene rings is 2. The van der Waals surface area contributed by atoms with Crippen molar-refractivity contribution in [3.8, 4) is 5.75 Å². The fraction of sp³-hybridized carbons (Fsp3) is 0.292. The number of aryl methyl sites for hydroxylation is 2. The minimum atomic E-state index is -0.378. The maximum atomic E-state index is 12.3. The van der Waals surface area contributed by atoms with Gasteiger partial charge in [0.05, 0.1) is 5.92 Å². The number of nitrogens with zero attached hydrogens (tertiary/aromatic N) is 1. The summed E-state index contributed by atoms with van der Waals surface area (Å²) in [6.45, 7) is 8.04. The van der Waals surface area contributed by atoms with Crippen LogP contribution in [0.3, 0.4) is 0 Å². The summed E-state index contributed by atoms with van der Waals surface area (Å²) in [4.78, 5) is 38.3. The van der Waals surface area contributed by atoms with E-state index in [0.29, 0.717) is 24.5 Å². The van der Waals surface area contributed by atoms with Crippen molar-refractivity contribution in [3.63, 3.8) is 0 Å². The molecule has 2 aromatic rings. The van der Waals surface area contributed by atoms with Crippen molar-refractivity contribution in [1.82, 2.24) is 5.32 Å². The van der Waals surface area contributed by atoms with Crippen LogP contribution in [-0.4, -0.2) is 37.4 Å². The first-order chi connectivity index (χ1) is 14.9. The third-order valence-corrected chi connectivity index (χ3v) is 5.18. The second kappa shape index (κ2) is 9.93. The monoisotopic (exact) mass is 421 g/mol. The zero-order valence-electron chi connectivity index (χ0n) is 17.8. The molecule has 1 atom stereocenters. The molecule has 0 radical (unpaired) electrons. The van der Waals surface area contributed by atoms with E-state index in [1.807, 2.05) is 32.0 Å². The lowest BCUT2D eigenvalue weighted by atomic mass is 10.1. The van der Waals surface area contributed by atoms with Gasteiger partial charge in [-0.1, -0.05) is 24.3 Å². The molecule has 0 spiro atoms. The Bertz CT molecular complexity index is 965. The Morgan fingerprint density at radius 3 is 2.48 bits per heavy atom. The molecule has 1 aliphatic rings. The number of rotatable bonds is 8. The van der Waals surface area contributed by atoms with E-state index in [-0.39, 0.29) is 36.7 Å². The average molecular weight is 421 g/mol. The van der Waals surface area contributed by atoms with Crippen molar-refractivity contribution < 1.29 is 19.1 Å². The molecule has 0 bridgehead atoms. The molecule has 2 aromatic carbocycles. The van der Waals surface area contributed by atoms with Gasteiger partial charge in [-0.05, 0) is 49.2 Å². The Morgan fingerprint density at radius 1 is 1.16 bits per heavy atom. The Kier molecular flexibility index (Phi) is 7.07. The summed E-state index contributed by atoms with van der Waals surface area (Å²) in [5.41, 5.74) is 3.47. The summed E-state index contributed by atoms with van der Waals surface area (Å²) in [5, 5.41) is 5.61. The summed E-state index contributed by atoms with van der Waals surface area (Å²) in [5.74, 6) is -0.347. The molecule has 0 saturated carbocycles. The summed E-state index contributed by atoms with van der Waals surface area (Å²) >= 11 is 0. The maximum Gasteiger partial charge on any atom is 0.262 e. The van der Waals surface area contributed by atoms with Crippen LogP contribution < -0.4 is 20.3 Å². The molecule has 3 amide bonds. The standard InChI is InChI=1S/C24H27N3O4/c1-4-12-25-24(30)18-13-22(29)27(14-18)19-8-10-20(11-9-19)31-15-21(28)26-23-16(2)6-5-7-17(23)3/h4-11,18H,1,12-15H2,2-3H3,(H,25,30)(H,26,28)/t18-/m0/s1. The molecule has 162 valence electrons. The van der Waals surface area contributed by atoms with Crippen molar-refractivity contribution in [2.45, 2.75) is 20.3 Å². The number of nitrogens with one attached hydrogen (secondary N) is 2. The van der Waals surface area contributed by atoms with Gasteiger partial charge in [0.15, 0.2) is 6.61 Å². The Morgan fingerprint density at radius 2 is 1.84 bits per heavy atom. The molecular formula is C24H27N3O4. The zero-order chi connectivity index (χ0) is 22.4. The number of ether oxygens (including phenoxy) is 1. The highest BCUT2D eigenvalue weighted by atomic mass is 16.5. The molecule has 0 aromatic heterocycles. The summed E-state index contributed by atoms with van der Waals surface area (Å²) in [6, 6.07) is 12.7. The Labute approximate surface area is 182 Å². The second-order valence-electron chi connectivity index (χ2n) is 7.54. The Balaban J connectivity index is 1.54. The van der Waals surface area contributed by atoms with E-state index in [4.69, 9.17) is 4.74 Å². The van der Waals surface area contributed by atoms with Crippen LogP contribution in [0.4, 0.5) is 11.4 Å². The highest BCUT2D eigenvalue weighted by Gasteiger charge is 2.34. The lowest BCUT2D eigenvalue weighted by molar-refractivity contribution is -0.126. The normalized spacial score (nSPS) is 15.5. The molecule has 1 saturated heterocycles. The molecule has 0 unspecified atom stereocenters. The van der Waals surface area contributed by atoms with Crippen LogP contribution in [-0.2, 0) is 14.4 Å². The number of anilines is 2. The average Bonchev–Trinajstić information content (AvgIpc) is 3.15. The van der Waals surface area contributed by atoms with Crippen molar-refractivity contribution in [2.24, 2.45) is 5.92 Å². The van der Waals surface area contributed by atoms with E-state index >= 15 is 0 Å². The minimum Gasteiger partial charge on any atom is -0.484 e. The van der Waals surface area contributed by atoms with Gasteiger partial charge >= 0.3 is 0 Å². The summed E-state index contributed by atoms with van der Waals surface area (Å²) < 4.78 is 5.58. The van der Waals surface area contributed by atoms with Gasteiger partial charge in [-0.25, -0.2) is 0 Å². The van der Waals surface area contributed by atoms with E-state index in [1.54, 1.807) is 35.2 Å².